The van der Waals surface area contributed by atoms with Crippen molar-refractivity contribution in [1.82, 2.24) is 5.32 Å². The van der Waals surface area contributed by atoms with E-state index in [4.69, 9.17) is 31.6 Å². The predicted octanol–water partition coefficient (Wildman–Crippen LogP) is 2.35. The molecule has 1 N–H and O–H groups in total. The number of ether oxygens (including phenoxy) is 4. The third-order valence-corrected chi connectivity index (χ3v) is 5.54. The van der Waals surface area contributed by atoms with Gasteiger partial charge in [0.2, 0.25) is 0 Å². The van der Waals surface area contributed by atoms with E-state index in [2.05, 4.69) is 19.2 Å². The molecule has 23 heavy (non-hydrogen) atoms. The summed E-state index contributed by atoms with van der Waals surface area (Å²) in [5.74, 6) is 0.188. The van der Waals surface area contributed by atoms with E-state index in [-0.39, 0.29) is 29.9 Å². The fraction of sp³-hybridized carbons (Fsp3) is 1.00. The van der Waals surface area contributed by atoms with Crippen molar-refractivity contribution < 1.29 is 18.9 Å². The molecular weight excluding hydrogens is 314 g/mol. The number of methoxy groups -OCH3 is 1. The van der Waals surface area contributed by atoms with Gasteiger partial charge in [0.15, 0.2) is 12.1 Å². The molecule has 5 atom stereocenters. The second-order valence-corrected chi connectivity index (χ2v) is 8.12. The minimum atomic E-state index is -0.433. The summed E-state index contributed by atoms with van der Waals surface area (Å²) >= 11 is 4.73. The Balaban J connectivity index is 1.57. The summed E-state index contributed by atoms with van der Waals surface area (Å²) < 4.78 is 24.4. The van der Waals surface area contributed by atoms with Gasteiger partial charge < -0.3 is 24.3 Å². The van der Waals surface area contributed by atoms with E-state index in [9.17, 15) is 0 Å². The monoisotopic (exact) mass is 345 g/mol. The molecule has 2 heterocycles. The third-order valence-electron chi connectivity index (χ3n) is 5.06. The Morgan fingerprint density at radius 1 is 1.17 bits per heavy atom. The van der Waals surface area contributed by atoms with Gasteiger partial charge in [-0.3, -0.25) is 0 Å². The Hall–Kier alpha value is 0.150. The fourth-order valence-electron chi connectivity index (χ4n) is 3.90. The molecule has 0 aromatic rings. The first-order valence-corrected chi connectivity index (χ1v) is 9.49. The van der Waals surface area contributed by atoms with E-state index in [1.165, 1.54) is 6.42 Å². The minimum absolute atomic E-state index is 0.0544. The molecule has 6 heteroatoms. The van der Waals surface area contributed by atoms with Gasteiger partial charge in [-0.05, 0) is 25.3 Å². The molecule has 1 spiro atoms. The third kappa shape index (κ3) is 3.88. The largest absolute Gasteiger partial charge is 0.376 e. The van der Waals surface area contributed by atoms with Crippen molar-refractivity contribution in [2.45, 2.75) is 81.6 Å². The molecule has 3 aliphatic rings. The maximum atomic E-state index is 6.31. The van der Waals surface area contributed by atoms with Gasteiger partial charge in [0.05, 0.1) is 0 Å². The van der Waals surface area contributed by atoms with Crippen LogP contribution < -0.4 is 5.32 Å². The van der Waals surface area contributed by atoms with Gasteiger partial charge in [0.25, 0.3) is 0 Å². The summed E-state index contributed by atoms with van der Waals surface area (Å²) in [7, 11) is 1.72. The highest BCUT2D eigenvalue weighted by Crippen LogP contribution is 2.46. The van der Waals surface area contributed by atoms with Crippen molar-refractivity contribution in [2.24, 2.45) is 5.92 Å². The SMILES string of the molecule is CO[C@@H]1[C@H]2OC3(CCCCC3)O[C@H]2O[C@@H]1[C@H](S)CNCC(C)C. The van der Waals surface area contributed by atoms with E-state index in [1.807, 2.05) is 0 Å². The second-order valence-electron chi connectivity index (χ2n) is 7.46. The lowest BCUT2D eigenvalue weighted by molar-refractivity contribution is -0.246. The highest BCUT2D eigenvalue weighted by molar-refractivity contribution is 7.81. The summed E-state index contributed by atoms with van der Waals surface area (Å²) in [5.41, 5.74) is 0. The molecule has 1 aliphatic carbocycles. The number of thiol groups is 1. The zero-order valence-corrected chi connectivity index (χ0v) is 15.4. The Labute approximate surface area is 145 Å². The lowest BCUT2D eigenvalue weighted by atomic mass is 9.94. The average molecular weight is 346 g/mol. The molecule has 3 rings (SSSR count). The van der Waals surface area contributed by atoms with Crippen molar-refractivity contribution in [3.8, 4) is 0 Å². The van der Waals surface area contributed by atoms with E-state index >= 15 is 0 Å². The summed E-state index contributed by atoms with van der Waals surface area (Å²) in [6.45, 7) is 6.15. The molecule has 2 saturated heterocycles. The molecule has 0 amide bonds. The summed E-state index contributed by atoms with van der Waals surface area (Å²) in [5, 5.41) is 3.49. The van der Waals surface area contributed by atoms with Crippen LogP contribution in [0.2, 0.25) is 0 Å². The van der Waals surface area contributed by atoms with Gasteiger partial charge in [0, 0.05) is 31.7 Å². The van der Waals surface area contributed by atoms with Gasteiger partial charge in [-0.2, -0.15) is 12.6 Å². The zero-order valence-electron chi connectivity index (χ0n) is 14.5. The van der Waals surface area contributed by atoms with Crippen LogP contribution in [-0.2, 0) is 18.9 Å². The molecule has 3 fully saturated rings. The van der Waals surface area contributed by atoms with Crippen LogP contribution in [0.3, 0.4) is 0 Å². The van der Waals surface area contributed by atoms with Crippen LogP contribution in [-0.4, -0.2) is 55.8 Å². The van der Waals surface area contributed by atoms with Crippen molar-refractivity contribution in [2.75, 3.05) is 20.2 Å². The Kier molecular flexibility index (Phi) is 5.92. The molecular formula is C17H31NO4S. The smallest absolute Gasteiger partial charge is 0.190 e. The first kappa shape index (κ1) is 18.0. The molecule has 5 nitrogen and oxygen atoms in total. The standard InChI is InChI=1S/C17H31NO4S/c1-11(2)9-18-10-12(23)13-14(19-3)15-16(20-13)22-17(21-15)7-5-4-6-8-17/h11-16,18,23H,4-10H2,1-3H3/t12-,13-,14+,15-,16-/m1/s1. The topological polar surface area (TPSA) is 49.0 Å². The number of fused-ring (bicyclic) bond motifs is 1. The van der Waals surface area contributed by atoms with Crippen molar-refractivity contribution in [1.29, 1.82) is 0 Å². The van der Waals surface area contributed by atoms with Crippen LogP contribution in [0.25, 0.3) is 0 Å². The Morgan fingerprint density at radius 2 is 1.91 bits per heavy atom. The normalized spacial score (nSPS) is 37.4. The molecule has 0 bridgehead atoms. The van der Waals surface area contributed by atoms with Crippen LogP contribution in [0.15, 0.2) is 0 Å². The van der Waals surface area contributed by atoms with E-state index in [1.54, 1.807) is 7.11 Å². The van der Waals surface area contributed by atoms with Crippen LogP contribution in [0.4, 0.5) is 0 Å². The average Bonchev–Trinajstić information content (AvgIpc) is 3.01. The Morgan fingerprint density at radius 3 is 2.57 bits per heavy atom. The predicted molar refractivity (Wildman–Crippen MR) is 91.7 cm³/mol. The van der Waals surface area contributed by atoms with Crippen molar-refractivity contribution in [3.63, 3.8) is 0 Å². The van der Waals surface area contributed by atoms with Crippen LogP contribution >= 0.6 is 12.6 Å². The quantitative estimate of drug-likeness (QED) is 0.724. The second kappa shape index (κ2) is 7.58. The molecule has 134 valence electrons. The van der Waals surface area contributed by atoms with Gasteiger partial charge in [-0.1, -0.05) is 20.3 Å². The van der Waals surface area contributed by atoms with Crippen molar-refractivity contribution >= 4 is 12.6 Å². The van der Waals surface area contributed by atoms with E-state index in [0.717, 1.165) is 38.8 Å². The number of rotatable bonds is 6. The molecule has 2 aliphatic heterocycles. The van der Waals surface area contributed by atoms with Gasteiger partial charge in [-0.25, -0.2) is 0 Å². The lowest BCUT2D eigenvalue weighted by Crippen LogP contribution is -2.45. The molecule has 1 saturated carbocycles. The van der Waals surface area contributed by atoms with Gasteiger partial charge >= 0.3 is 0 Å². The molecule has 0 unspecified atom stereocenters. The first-order valence-electron chi connectivity index (χ1n) is 8.97. The number of hydrogen-bond acceptors (Lipinski definition) is 6. The van der Waals surface area contributed by atoms with Gasteiger partial charge in [0.1, 0.15) is 18.3 Å². The highest BCUT2D eigenvalue weighted by atomic mass is 32.1. The van der Waals surface area contributed by atoms with Crippen LogP contribution in [0.5, 0.6) is 0 Å². The maximum Gasteiger partial charge on any atom is 0.190 e. The minimum Gasteiger partial charge on any atom is -0.376 e. The van der Waals surface area contributed by atoms with Crippen LogP contribution in [0.1, 0.15) is 46.0 Å². The lowest BCUT2D eigenvalue weighted by Gasteiger charge is -2.34. The summed E-state index contributed by atoms with van der Waals surface area (Å²) in [4.78, 5) is 0. The first-order chi connectivity index (χ1) is 11.0. The molecule has 0 aromatic heterocycles. The summed E-state index contributed by atoms with van der Waals surface area (Å²) in [6, 6.07) is 0. The maximum absolute atomic E-state index is 6.31. The van der Waals surface area contributed by atoms with Crippen molar-refractivity contribution in [3.05, 3.63) is 0 Å². The number of nitrogens with one attached hydrogen (secondary N) is 1. The molecule has 0 aromatic carbocycles. The fourth-order valence-corrected chi connectivity index (χ4v) is 4.27. The van der Waals surface area contributed by atoms with E-state index < -0.39 is 5.79 Å². The van der Waals surface area contributed by atoms with Crippen LogP contribution in [0, 0.1) is 5.92 Å². The van der Waals surface area contributed by atoms with E-state index in [0.29, 0.717) is 5.92 Å². The number of hydrogen-bond donors (Lipinski definition) is 2. The molecule has 0 radical (unpaired) electrons. The summed E-state index contributed by atoms with van der Waals surface area (Å²) in [6.07, 6.45) is 4.83. The Bertz CT molecular complexity index is 389. The van der Waals surface area contributed by atoms with Gasteiger partial charge in [-0.15, -0.1) is 0 Å². The highest BCUT2D eigenvalue weighted by Gasteiger charge is 2.59. The zero-order chi connectivity index (χ0) is 16.4.